The first-order valence-electron chi connectivity index (χ1n) is 5.70. The number of hydrogen-bond acceptors (Lipinski definition) is 0. The van der Waals surface area contributed by atoms with Gasteiger partial charge >= 0.3 is 0 Å². The van der Waals surface area contributed by atoms with Crippen LogP contribution < -0.4 is 0 Å². The summed E-state index contributed by atoms with van der Waals surface area (Å²) in [6.45, 7) is 2.39. The van der Waals surface area contributed by atoms with E-state index in [0.717, 1.165) is 17.8 Å². The molecule has 70 valence electrons. The predicted molar refractivity (Wildman–Crippen MR) is 55.3 cm³/mol. The monoisotopic (exact) mass is 174 g/mol. The fraction of sp³-hybridized carbons (Fsp3) is 0.692. The molecule has 2 bridgehead atoms. The molecular weight excluding hydrogens is 156 g/mol. The van der Waals surface area contributed by atoms with Crippen LogP contribution in [0.25, 0.3) is 0 Å². The van der Waals surface area contributed by atoms with Crippen LogP contribution in [0.1, 0.15) is 32.6 Å². The zero-order valence-corrected chi connectivity index (χ0v) is 8.37. The first-order chi connectivity index (χ1) is 6.37. The van der Waals surface area contributed by atoms with Crippen molar-refractivity contribution in [3.8, 4) is 0 Å². The largest absolute Gasteiger partial charge is 0.0882 e. The molecule has 0 saturated heterocycles. The lowest BCUT2D eigenvalue weighted by Crippen LogP contribution is -2.35. The quantitative estimate of drug-likeness (QED) is 0.533. The van der Waals surface area contributed by atoms with Gasteiger partial charge in [-0.05, 0) is 48.9 Å². The Morgan fingerprint density at radius 2 is 2.23 bits per heavy atom. The molecule has 0 aromatic rings. The van der Waals surface area contributed by atoms with Gasteiger partial charge in [-0.15, -0.1) is 0 Å². The molecule has 0 aliphatic heterocycles. The van der Waals surface area contributed by atoms with E-state index >= 15 is 0 Å². The summed E-state index contributed by atoms with van der Waals surface area (Å²) in [4.78, 5) is 0. The zero-order valence-electron chi connectivity index (χ0n) is 8.37. The highest BCUT2D eigenvalue weighted by molar-refractivity contribution is 5.22. The standard InChI is InChI=1S/C13H18/c1-2-13-8-4-3-5-12(13)10-6-7-11(13)9-10/h3-4,6-7,10-12H,2,5,8-9H2,1H3. The van der Waals surface area contributed by atoms with E-state index in [4.69, 9.17) is 0 Å². The molecule has 1 fully saturated rings. The molecule has 0 radical (unpaired) electrons. The molecule has 0 aromatic heterocycles. The average molecular weight is 174 g/mol. The van der Waals surface area contributed by atoms with Gasteiger partial charge in [-0.3, -0.25) is 0 Å². The third-order valence-electron chi connectivity index (χ3n) is 4.82. The molecule has 4 atom stereocenters. The molecule has 0 heteroatoms. The van der Waals surface area contributed by atoms with Gasteiger partial charge in [0.1, 0.15) is 0 Å². The molecule has 13 heavy (non-hydrogen) atoms. The molecule has 0 heterocycles. The smallest absolute Gasteiger partial charge is 0.0165 e. The van der Waals surface area contributed by atoms with Gasteiger partial charge < -0.3 is 0 Å². The van der Waals surface area contributed by atoms with Crippen molar-refractivity contribution in [2.75, 3.05) is 0 Å². The van der Waals surface area contributed by atoms with Crippen LogP contribution in [0.3, 0.4) is 0 Å². The number of fused-ring (bicyclic) bond motifs is 5. The fourth-order valence-corrected chi connectivity index (χ4v) is 4.08. The van der Waals surface area contributed by atoms with Crippen molar-refractivity contribution in [1.29, 1.82) is 0 Å². The van der Waals surface area contributed by atoms with Gasteiger partial charge in [-0.1, -0.05) is 31.2 Å². The first kappa shape index (κ1) is 7.84. The van der Waals surface area contributed by atoms with Crippen molar-refractivity contribution in [3.05, 3.63) is 24.3 Å². The molecular formula is C13H18. The highest BCUT2D eigenvalue weighted by Crippen LogP contribution is 2.62. The maximum atomic E-state index is 2.50. The van der Waals surface area contributed by atoms with E-state index in [1.54, 1.807) is 0 Å². The van der Waals surface area contributed by atoms with Gasteiger partial charge in [0.05, 0.1) is 0 Å². The second kappa shape index (κ2) is 2.50. The summed E-state index contributed by atoms with van der Waals surface area (Å²) in [7, 11) is 0. The Kier molecular flexibility index (Phi) is 1.51. The van der Waals surface area contributed by atoms with Gasteiger partial charge in [0, 0.05) is 0 Å². The zero-order chi connectivity index (χ0) is 8.89. The van der Waals surface area contributed by atoms with Gasteiger partial charge in [-0.2, -0.15) is 0 Å². The van der Waals surface area contributed by atoms with Crippen LogP contribution in [0.4, 0.5) is 0 Å². The highest BCUT2D eigenvalue weighted by Gasteiger charge is 2.53. The van der Waals surface area contributed by atoms with Crippen LogP contribution in [-0.4, -0.2) is 0 Å². The summed E-state index contributed by atoms with van der Waals surface area (Å²) in [6, 6.07) is 0. The van der Waals surface area contributed by atoms with E-state index in [-0.39, 0.29) is 0 Å². The molecule has 3 aliphatic carbocycles. The van der Waals surface area contributed by atoms with Gasteiger partial charge in [0.2, 0.25) is 0 Å². The Morgan fingerprint density at radius 3 is 3.00 bits per heavy atom. The maximum Gasteiger partial charge on any atom is -0.0165 e. The van der Waals surface area contributed by atoms with Crippen LogP contribution in [0.5, 0.6) is 0 Å². The second-order valence-corrected chi connectivity index (χ2v) is 5.00. The number of rotatable bonds is 1. The van der Waals surface area contributed by atoms with Crippen LogP contribution in [-0.2, 0) is 0 Å². The molecule has 3 rings (SSSR count). The summed E-state index contributed by atoms with van der Waals surface area (Å²) in [5.41, 5.74) is 0.675. The third kappa shape index (κ3) is 0.820. The Labute approximate surface area is 80.7 Å². The molecule has 3 aliphatic rings. The highest BCUT2D eigenvalue weighted by atomic mass is 14.6. The Morgan fingerprint density at radius 1 is 1.31 bits per heavy atom. The number of allylic oxidation sites excluding steroid dienone is 4. The molecule has 0 amide bonds. The van der Waals surface area contributed by atoms with Gasteiger partial charge in [0.25, 0.3) is 0 Å². The van der Waals surface area contributed by atoms with Crippen LogP contribution >= 0.6 is 0 Å². The first-order valence-corrected chi connectivity index (χ1v) is 5.70. The van der Waals surface area contributed by atoms with E-state index in [2.05, 4.69) is 31.2 Å². The lowest BCUT2D eigenvalue weighted by Gasteiger charge is -2.43. The Bertz CT molecular complexity index is 274. The normalized spacial score (nSPS) is 51.3. The van der Waals surface area contributed by atoms with Crippen molar-refractivity contribution in [1.82, 2.24) is 0 Å². The van der Waals surface area contributed by atoms with Crippen molar-refractivity contribution in [2.45, 2.75) is 32.6 Å². The molecule has 0 N–H and O–H groups in total. The molecule has 4 unspecified atom stereocenters. The van der Waals surface area contributed by atoms with Crippen LogP contribution in [0.15, 0.2) is 24.3 Å². The maximum absolute atomic E-state index is 2.50. The average Bonchev–Trinajstić information content (AvgIpc) is 2.77. The molecule has 0 aromatic carbocycles. The van der Waals surface area contributed by atoms with E-state index in [1.807, 2.05) is 0 Å². The lowest BCUT2D eigenvalue weighted by molar-refractivity contribution is 0.126. The minimum atomic E-state index is 0.675. The predicted octanol–water partition coefficient (Wildman–Crippen LogP) is 3.55. The van der Waals surface area contributed by atoms with Crippen LogP contribution in [0, 0.1) is 23.2 Å². The van der Waals surface area contributed by atoms with E-state index < -0.39 is 0 Å². The van der Waals surface area contributed by atoms with E-state index in [1.165, 1.54) is 25.7 Å². The van der Waals surface area contributed by atoms with Gasteiger partial charge in [-0.25, -0.2) is 0 Å². The second-order valence-electron chi connectivity index (χ2n) is 5.00. The van der Waals surface area contributed by atoms with Crippen molar-refractivity contribution in [2.24, 2.45) is 23.2 Å². The van der Waals surface area contributed by atoms with Crippen molar-refractivity contribution < 1.29 is 0 Å². The lowest BCUT2D eigenvalue weighted by atomic mass is 9.62. The Balaban J connectivity index is 2.03. The summed E-state index contributed by atoms with van der Waals surface area (Å²) in [5, 5.41) is 0. The molecule has 0 nitrogen and oxygen atoms in total. The fourth-order valence-electron chi connectivity index (χ4n) is 4.08. The summed E-state index contributed by atoms with van der Waals surface area (Å²) >= 11 is 0. The van der Waals surface area contributed by atoms with Gasteiger partial charge in [0.15, 0.2) is 0 Å². The van der Waals surface area contributed by atoms with E-state index in [0.29, 0.717) is 5.41 Å². The minimum absolute atomic E-state index is 0.675. The SMILES string of the molecule is CCC12CC=CCC1C1C=CC2C1. The van der Waals surface area contributed by atoms with Crippen molar-refractivity contribution in [3.63, 3.8) is 0 Å². The molecule has 0 spiro atoms. The topological polar surface area (TPSA) is 0 Å². The summed E-state index contributed by atoms with van der Waals surface area (Å²) < 4.78 is 0. The van der Waals surface area contributed by atoms with Crippen LogP contribution in [0.2, 0.25) is 0 Å². The number of hydrogen-bond donors (Lipinski definition) is 0. The van der Waals surface area contributed by atoms with E-state index in [9.17, 15) is 0 Å². The summed E-state index contributed by atoms with van der Waals surface area (Å²) in [6.07, 6.45) is 15.4. The molecule has 1 saturated carbocycles. The minimum Gasteiger partial charge on any atom is -0.0882 e. The van der Waals surface area contributed by atoms with Crippen molar-refractivity contribution >= 4 is 0 Å². The Hall–Kier alpha value is -0.520. The third-order valence-corrected chi connectivity index (χ3v) is 4.82. The summed E-state index contributed by atoms with van der Waals surface area (Å²) in [5.74, 6) is 2.82.